The minimum Gasteiger partial charge on any atom is -0.465 e. The highest BCUT2D eigenvalue weighted by molar-refractivity contribution is 6.08. The third-order valence-corrected chi connectivity index (χ3v) is 6.51. The number of imidazole rings is 1. The van der Waals surface area contributed by atoms with E-state index in [1.165, 1.54) is 0 Å². The number of carbonyl (C=O) groups is 2. The zero-order valence-corrected chi connectivity index (χ0v) is 18.2. The standard InChI is InChI=1S/C26H27N3O3/c1-2-32-25(31)22-23(19-13-7-4-8-14-19)29-21-16-10-9-15-20(21)27-26(29)28(24(22)30)17-18-11-5-3-6-12-18/h3-7,9-12,15-16,19,22-23H,2,8,13-14,17H2,1H3/t19-,22+,23-/m1/s1. The predicted molar refractivity (Wildman–Crippen MR) is 123 cm³/mol. The molecule has 3 aromatic rings. The zero-order valence-electron chi connectivity index (χ0n) is 18.2. The summed E-state index contributed by atoms with van der Waals surface area (Å²) < 4.78 is 7.57. The molecule has 0 unspecified atom stereocenters. The Morgan fingerprint density at radius 2 is 1.88 bits per heavy atom. The molecule has 1 aliphatic heterocycles. The van der Waals surface area contributed by atoms with Crippen LogP contribution in [0.4, 0.5) is 5.95 Å². The van der Waals surface area contributed by atoms with E-state index in [4.69, 9.17) is 9.72 Å². The number of fused-ring (bicyclic) bond motifs is 3. The maximum absolute atomic E-state index is 13.9. The molecule has 2 aromatic carbocycles. The topological polar surface area (TPSA) is 64.4 Å². The number of amides is 1. The molecule has 2 heterocycles. The van der Waals surface area contributed by atoms with Gasteiger partial charge in [-0.1, -0.05) is 54.6 Å². The molecule has 0 fully saturated rings. The van der Waals surface area contributed by atoms with Crippen molar-refractivity contribution >= 4 is 28.9 Å². The van der Waals surface area contributed by atoms with Crippen molar-refractivity contribution in [2.24, 2.45) is 11.8 Å². The predicted octanol–water partition coefficient (Wildman–Crippen LogP) is 4.66. The maximum Gasteiger partial charge on any atom is 0.320 e. The number of aromatic nitrogens is 2. The summed E-state index contributed by atoms with van der Waals surface area (Å²) in [6, 6.07) is 17.4. The van der Waals surface area contributed by atoms with Crippen molar-refractivity contribution in [1.29, 1.82) is 0 Å². The summed E-state index contributed by atoms with van der Waals surface area (Å²) >= 11 is 0. The lowest BCUT2D eigenvalue weighted by Gasteiger charge is -2.41. The van der Waals surface area contributed by atoms with Crippen molar-refractivity contribution in [2.75, 3.05) is 11.5 Å². The van der Waals surface area contributed by atoms with E-state index in [0.717, 1.165) is 35.9 Å². The summed E-state index contributed by atoms with van der Waals surface area (Å²) in [6.45, 7) is 2.38. The first-order valence-electron chi connectivity index (χ1n) is 11.3. The van der Waals surface area contributed by atoms with Gasteiger partial charge in [0.1, 0.15) is 0 Å². The molecule has 6 heteroatoms. The molecule has 0 spiro atoms. The molecule has 0 N–H and O–H groups in total. The van der Waals surface area contributed by atoms with E-state index in [9.17, 15) is 9.59 Å². The molecule has 0 radical (unpaired) electrons. The summed E-state index contributed by atoms with van der Waals surface area (Å²) in [6.07, 6.45) is 7.04. The van der Waals surface area contributed by atoms with Gasteiger partial charge < -0.3 is 9.30 Å². The molecule has 3 atom stereocenters. The third kappa shape index (κ3) is 3.49. The largest absolute Gasteiger partial charge is 0.465 e. The summed E-state index contributed by atoms with van der Waals surface area (Å²) in [5.41, 5.74) is 2.76. The maximum atomic E-state index is 13.9. The van der Waals surface area contributed by atoms with E-state index in [-0.39, 0.29) is 24.5 Å². The molecule has 1 aromatic heterocycles. The second-order valence-electron chi connectivity index (χ2n) is 8.45. The first-order chi connectivity index (χ1) is 15.7. The van der Waals surface area contributed by atoms with Crippen molar-refractivity contribution in [3.05, 3.63) is 72.3 Å². The van der Waals surface area contributed by atoms with Crippen LogP contribution in [0.3, 0.4) is 0 Å². The van der Waals surface area contributed by atoms with Crippen LogP contribution in [0, 0.1) is 11.8 Å². The van der Waals surface area contributed by atoms with Crippen molar-refractivity contribution in [3.8, 4) is 0 Å². The Morgan fingerprint density at radius 3 is 2.62 bits per heavy atom. The molecule has 32 heavy (non-hydrogen) atoms. The number of anilines is 1. The van der Waals surface area contributed by atoms with Crippen LogP contribution in [0.1, 0.15) is 37.8 Å². The van der Waals surface area contributed by atoms with Crippen LogP contribution in [-0.2, 0) is 20.9 Å². The van der Waals surface area contributed by atoms with Crippen LogP contribution < -0.4 is 4.90 Å². The van der Waals surface area contributed by atoms with Crippen LogP contribution in [0.25, 0.3) is 11.0 Å². The Labute approximate surface area is 187 Å². The van der Waals surface area contributed by atoms with Gasteiger partial charge in [-0.25, -0.2) is 4.98 Å². The van der Waals surface area contributed by atoms with Gasteiger partial charge in [-0.05, 0) is 49.8 Å². The number of esters is 1. The molecule has 0 saturated carbocycles. The second kappa shape index (κ2) is 8.61. The van der Waals surface area contributed by atoms with E-state index in [1.807, 2.05) is 54.6 Å². The Hall–Kier alpha value is -3.41. The van der Waals surface area contributed by atoms with Crippen LogP contribution in [-0.4, -0.2) is 28.0 Å². The van der Waals surface area contributed by atoms with E-state index in [2.05, 4.69) is 16.7 Å². The number of hydrogen-bond donors (Lipinski definition) is 0. The number of para-hydroxylation sites is 2. The number of allylic oxidation sites excluding steroid dienone is 2. The first kappa shape index (κ1) is 20.5. The van der Waals surface area contributed by atoms with Crippen molar-refractivity contribution in [3.63, 3.8) is 0 Å². The van der Waals surface area contributed by atoms with Crippen LogP contribution in [0.5, 0.6) is 0 Å². The molecular formula is C26H27N3O3. The van der Waals surface area contributed by atoms with Gasteiger partial charge in [0.05, 0.1) is 30.2 Å². The molecule has 1 amide bonds. The van der Waals surface area contributed by atoms with Gasteiger partial charge in [-0.3, -0.25) is 14.5 Å². The van der Waals surface area contributed by atoms with Crippen molar-refractivity contribution in [2.45, 2.75) is 38.8 Å². The Morgan fingerprint density at radius 1 is 1.09 bits per heavy atom. The van der Waals surface area contributed by atoms with Crippen LogP contribution >= 0.6 is 0 Å². The lowest BCUT2D eigenvalue weighted by Crippen LogP contribution is -2.51. The fourth-order valence-electron chi connectivity index (χ4n) is 5.07. The summed E-state index contributed by atoms with van der Waals surface area (Å²) in [5, 5.41) is 0. The number of carbonyl (C=O) groups excluding carboxylic acids is 2. The fraction of sp³-hybridized carbons (Fsp3) is 0.346. The second-order valence-corrected chi connectivity index (χ2v) is 8.45. The van der Waals surface area contributed by atoms with E-state index in [0.29, 0.717) is 12.5 Å². The monoisotopic (exact) mass is 429 g/mol. The van der Waals surface area contributed by atoms with Crippen molar-refractivity contribution in [1.82, 2.24) is 9.55 Å². The molecular weight excluding hydrogens is 402 g/mol. The van der Waals surface area contributed by atoms with Gasteiger partial charge in [0.15, 0.2) is 5.92 Å². The van der Waals surface area contributed by atoms with Crippen molar-refractivity contribution < 1.29 is 14.3 Å². The van der Waals surface area contributed by atoms with Gasteiger partial charge >= 0.3 is 5.97 Å². The van der Waals surface area contributed by atoms with E-state index in [1.54, 1.807) is 11.8 Å². The molecule has 6 nitrogen and oxygen atoms in total. The Kier molecular flexibility index (Phi) is 5.52. The summed E-state index contributed by atoms with van der Waals surface area (Å²) in [4.78, 5) is 33.6. The minimum atomic E-state index is -0.889. The van der Waals surface area contributed by atoms with Gasteiger partial charge in [-0.15, -0.1) is 0 Å². The molecule has 1 aliphatic carbocycles. The number of hydrogen-bond acceptors (Lipinski definition) is 4. The lowest BCUT2D eigenvalue weighted by molar-refractivity contribution is -0.155. The van der Waals surface area contributed by atoms with Gasteiger partial charge in [0, 0.05) is 0 Å². The molecule has 0 bridgehead atoms. The minimum absolute atomic E-state index is 0.161. The molecule has 0 saturated heterocycles. The smallest absolute Gasteiger partial charge is 0.320 e. The average Bonchev–Trinajstić information content (AvgIpc) is 3.21. The Bertz CT molecular complexity index is 1170. The van der Waals surface area contributed by atoms with Crippen LogP contribution in [0.15, 0.2) is 66.7 Å². The number of benzene rings is 2. The highest BCUT2D eigenvalue weighted by atomic mass is 16.5. The highest BCUT2D eigenvalue weighted by Gasteiger charge is 2.49. The van der Waals surface area contributed by atoms with Gasteiger partial charge in [-0.2, -0.15) is 0 Å². The summed E-state index contributed by atoms with van der Waals surface area (Å²) in [5.74, 6) is -0.790. The zero-order chi connectivity index (χ0) is 22.1. The fourth-order valence-corrected chi connectivity index (χ4v) is 5.07. The molecule has 164 valence electrons. The highest BCUT2D eigenvalue weighted by Crippen LogP contribution is 2.45. The normalized spacial score (nSPS) is 22.7. The SMILES string of the molecule is CCOC(=O)[C@@H]1C(=O)N(Cc2ccccc2)c2nc3ccccc3n2[C@@H]1[C@@H]1CC=CCC1. The quantitative estimate of drug-likeness (QED) is 0.336. The molecule has 5 rings (SSSR count). The van der Waals surface area contributed by atoms with Gasteiger partial charge in [0.2, 0.25) is 11.9 Å². The molecule has 2 aliphatic rings. The van der Waals surface area contributed by atoms with Gasteiger partial charge in [0.25, 0.3) is 0 Å². The summed E-state index contributed by atoms with van der Waals surface area (Å²) in [7, 11) is 0. The number of ether oxygens (including phenoxy) is 1. The van der Waals surface area contributed by atoms with E-state index < -0.39 is 11.9 Å². The first-order valence-corrected chi connectivity index (χ1v) is 11.3. The Balaban J connectivity index is 1.69. The van der Waals surface area contributed by atoms with Crippen LogP contribution in [0.2, 0.25) is 0 Å². The third-order valence-electron chi connectivity index (χ3n) is 6.51. The number of nitrogens with zero attached hydrogens (tertiary/aromatic N) is 3. The average molecular weight is 430 g/mol. The van der Waals surface area contributed by atoms with E-state index >= 15 is 0 Å². The lowest BCUT2D eigenvalue weighted by atomic mass is 9.79. The number of rotatable bonds is 5.